The Bertz CT molecular complexity index is 193. The maximum absolute atomic E-state index is 5.60. The second kappa shape index (κ2) is 3.68. The standard InChI is InChI=1S/C11H19B/c1-7-8(2)10(4)11(5-6-12)9(7)3/h7,9,11H,5-6H2,1-4H3. The number of hydrogen-bond donors (Lipinski definition) is 0. The summed E-state index contributed by atoms with van der Waals surface area (Å²) in [4.78, 5) is 0. The zero-order valence-corrected chi connectivity index (χ0v) is 8.72. The minimum atomic E-state index is 0.755. The Balaban J connectivity index is 2.76. The Kier molecular flexibility index (Phi) is 3.03. The van der Waals surface area contributed by atoms with Gasteiger partial charge in [-0.2, -0.15) is 0 Å². The first kappa shape index (κ1) is 9.89. The molecule has 3 atom stereocenters. The van der Waals surface area contributed by atoms with Crippen molar-refractivity contribution in [3.05, 3.63) is 11.1 Å². The quantitative estimate of drug-likeness (QED) is 0.432. The van der Waals surface area contributed by atoms with Crippen LogP contribution in [0.3, 0.4) is 0 Å². The molecule has 0 saturated heterocycles. The van der Waals surface area contributed by atoms with Gasteiger partial charge < -0.3 is 0 Å². The molecule has 0 saturated carbocycles. The highest BCUT2D eigenvalue weighted by Crippen LogP contribution is 2.42. The van der Waals surface area contributed by atoms with Crippen molar-refractivity contribution in [2.24, 2.45) is 17.8 Å². The molecule has 1 aliphatic rings. The molecule has 0 heterocycles. The van der Waals surface area contributed by atoms with Crippen LogP contribution in [0.1, 0.15) is 34.1 Å². The summed E-state index contributed by atoms with van der Waals surface area (Å²) in [5, 5.41) is 0. The van der Waals surface area contributed by atoms with Gasteiger partial charge in [0, 0.05) is 0 Å². The van der Waals surface area contributed by atoms with Gasteiger partial charge >= 0.3 is 0 Å². The van der Waals surface area contributed by atoms with E-state index in [2.05, 4.69) is 27.7 Å². The first-order valence-electron chi connectivity index (χ1n) is 4.97. The average molecular weight is 162 g/mol. The first-order chi connectivity index (χ1) is 5.59. The van der Waals surface area contributed by atoms with Gasteiger partial charge in [-0.1, -0.05) is 37.7 Å². The summed E-state index contributed by atoms with van der Waals surface area (Å²) in [7, 11) is 5.60. The number of rotatable bonds is 2. The van der Waals surface area contributed by atoms with Crippen LogP contribution in [0.5, 0.6) is 0 Å². The lowest BCUT2D eigenvalue weighted by molar-refractivity contribution is 0.360. The van der Waals surface area contributed by atoms with E-state index in [1.807, 2.05) is 0 Å². The lowest BCUT2D eigenvalue weighted by atomic mass is 9.82. The molecule has 0 aromatic rings. The summed E-state index contributed by atoms with van der Waals surface area (Å²) in [5.41, 5.74) is 3.20. The molecule has 12 heavy (non-hydrogen) atoms. The molecule has 0 spiro atoms. The molecule has 0 nitrogen and oxygen atoms in total. The normalized spacial score (nSPS) is 36.2. The van der Waals surface area contributed by atoms with Crippen LogP contribution in [0.15, 0.2) is 11.1 Å². The van der Waals surface area contributed by atoms with E-state index in [0.29, 0.717) is 0 Å². The molecule has 1 rings (SSSR count). The molecule has 1 heteroatoms. The summed E-state index contributed by atoms with van der Waals surface area (Å²) in [6.45, 7) is 9.23. The van der Waals surface area contributed by atoms with Crippen LogP contribution in [0.25, 0.3) is 0 Å². The SMILES string of the molecule is [B]CCC1C(C)=C(C)C(C)C1C. The molecule has 2 radical (unpaired) electrons. The average Bonchev–Trinajstić information content (AvgIpc) is 2.23. The molecule has 0 bridgehead atoms. The van der Waals surface area contributed by atoms with Crippen LogP contribution >= 0.6 is 0 Å². The van der Waals surface area contributed by atoms with Crippen LogP contribution in [0.2, 0.25) is 6.32 Å². The molecule has 3 unspecified atom stereocenters. The molecular formula is C11H19B. The third kappa shape index (κ3) is 1.46. The third-order valence-electron chi connectivity index (χ3n) is 3.76. The lowest BCUT2D eigenvalue weighted by Crippen LogP contribution is -2.11. The summed E-state index contributed by atoms with van der Waals surface area (Å²) in [6.07, 6.45) is 1.99. The van der Waals surface area contributed by atoms with Gasteiger partial charge in [0.25, 0.3) is 0 Å². The van der Waals surface area contributed by atoms with E-state index in [4.69, 9.17) is 7.85 Å². The fourth-order valence-corrected chi connectivity index (χ4v) is 2.45. The molecule has 0 aromatic carbocycles. The van der Waals surface area contributed by atoms with Gasteiger partial charge in [-0.15, -0.1) is 0 Å². The molecule has 1 aliphatic carbocycles. The first-order valence-corrected chi connectivity index (χ1v) is 4.97. The van der Waals surface area contributed by atoms with Crippen molar-refractivity contribution in [2.75, 3.05) is 0 Å². The topological polar surface area (TPSA) is 0 Å². The molecule has 0 aromatic heterocycles. The predicted molar refractivity (Wildman–Crippen MR) is 55.4 cm³/mol. The van der Waals surface area contributed by atoms with Crippen molar-refractivity contribution >= 4 is 7.85 Å². The molecular weight excluding hydrogens is 143 g/mol. The van der Waals surface area contributed by atoms with Crippen LogP contribution in [-0.2, 0) is 0 Å². The van der Waals surface area contributed by atoms with Gasteiger partial charge in [-0.3, -0.25) is 0 Å². The fraction of sp³-hybridized carbons (Fsp3) is 0.818. The summed E-state index contributed by atoms with van der Waals surface area (Å²) >= 11 is 0. The van der Waals surface area contributed by atoms with E-state index in [1.165, 1.54) is 0 Å². The van der Waals surface area contributed by atoms with E-state index >= 15 is 0 Å². The Hall–Kier alpha value is -0.195. The van der Waals surface area contributed by atoms with E-state index in [0.717, 1.165) is 30.5 Å². The molecule has 0 amide bonds. The zero-order valence-electron chi connectivity index (χ0n) is 8.72. The number of hydrogen-bond acceptors (Lipinski definition) is 0. The maximum atomic E-state index is 5.60. The van der Waals surface area contributed by atoms with Crippen molar-refractivity contribution in [1.82, 2.24) is 0 Å². The Morgan fingerprint density at radius 2 is 1.75 bits per heavy atom. The second-order valence-electron chi connectivity index (χ2n) is 4.20. The fourth-order valence-electron chi connectivity index (χ4n) is 2.45. The number of allylic oxidation sites excluding steroid dienone is 2. The van der Waals surface area contributed by atoms with Gasteiger partial charge in [0.1, 0.15) is 0 Å². The van der Waals surface area contributed by atoms with E-state index in [9.17, 15) is 0 Å². The second-order valence-corrected chi connectivity index (χ2v) is 4.20. The molecule has 0 N–H and O–H groups in total. The van der Waals surface area contributed by atoms with Crippen LogP contribution < -0.4 is 0 Å². The van der Waals surface area contributed by atoms with Gasteiger partial charge in [0.05, 0.1) is 7.85 Å². The van der Waals surface area contributed by atoms with E-state index in [1.54, 1.807) is 11.1 Å². The van der Waals surface area contributed by atoms with Gasteiger partial charge in [-0.25, -0.2) is 0 Å². The minimum absolute atomic E-state index is 0.755. The van der Waals surface area contributed by atoms with Gasteiger partial charge in [0.2, 0.25) is 0 Å². The third-order valence-corrected chi connectivity index (χ3v) is 3.76. The van der Waals surface area contributed by atoms with Crippen molar-refractivity contribution in [3.8, 4) is 0 Å². The predicted octanol–water partition coefficient (Wildman–Crippen LogP) is 3.20. The van der Waals surface area contributed by atoms with Crippen LogP contribution in [0, 0.1) is 17.8 Å². The van der Waals surface area contributed by atoms with E-state index < -0.39 is 0 Å². The lowest BCUT2D eigenvalue weighted by Gasteiger charge is -2.19. The molecule has 0 aliphatic heterocycles. The summed E-state index contributed by atoms with van der Waals surface area (Å²) in [5.74, 6) is 2.32. The Morgan fingerprint density at radius 3 is 2.08 bits per heavy atom. The highest BCUT2D eigenvalue weighted by atomic mass is 14.4. The van der Waals surface area contributed by atoms with Gasteiger partial charge in [-0.05, 0) is 31.6 Å². The Labute approximate surface area is 77.8 Å². The van der Waals surface area contributed by atoms with Crippen LogP contribution in [-0.4, -0.2) is 7.85 Å². The van der Waals surface area contributed by atoms with E-state index in [-0.39, 0.29) is 0 Å². The largest absolute Gasteiger partial charge is 0.0881 e. The van der Waals surface area contributed by atoms with Crippen LogP contribution in [0.4, 0.5) is 0 Å². The smallest absolute Gasteiger partial charge is 0.0653 e. The summed E-state index contributed by atoms with van der Waals surface area (Å²) in [6, 6.07) is 0. The molecule has 66 valence electrons. The highest BCUT2D eigenvalue weighted by molar-refractivity contribution is 6.08. The van der Waals surface area contributed by atoms with Crippen molar-refractivity contribution < 1.29 is 0 Å². The molecule has 0 fully saturated rings. The van der Waals surface area contributed by atoms with Crippen molar-refractivity contribution in [3.63, 3.8) is 0 Å². The monoisotopic (exact) mass is 162 g/mol. The summed E-state index contributed by atoms with van der Waals surface area (Å²) < 4.78 is 0. The van der Waals surface area contributed by atoms with Crippen molar-refractivity contribution in [1.29, 1.82) is 0 Å². The highest BCUT2D eigenvalue weighted by Gasteiger charge is 2.32. The Morgan fingerprint density at radius 1 is 1.17 bits per heavy atom. The van der Waals surface area contributed by atoms with Gasteiger partial charge in [0.15, 0.2) is 0 Å². The van der Waals surface area contributed by atoms with Crippen molar-refractivity contribution in [2.45, 2.75) is 40.4 Å². The maximum Gasteiger partial charge on any atom is 0.0653 e. The minimum Gasteiger partial charge on any atom is -0.0881 e. The zero-order chi connectivity index (χ0) is 9.30.